The third-order valence-corrected chi connectivity index (χ3v) is 3.36. The van der Waals surface area contributed by atoms with Crippen LogP contribution in [0.15, 0.2) is 0 Å². The number of hydrogen-bond donors (Lipinski definition) is 1. The van der Waals surface area contributed by atoms with Gasteiger partial charge in [0.15, 0.2) is 0 Å². The fraction of sp³-hybridized carbons (Fsp3) is 0.818. The lowest BCUT2D eigenvalue weighted by Crippen LogP contribution is -2.26. The summed E-state index contributed by atoms with van der Waals surface area (Å²) in [6.07, 6.45) is 6.48. The summed E-state index contributed by atoms with van der Waals surface area (Å²) >= 11 is 0. The molecule has 1 aliphatic carbocycles. The van der Waals surface area contributed by atoms with Gasteiger partial charge in [-0.3, -0.25) is 4.68 Å². The molecule has 1 unspecified atom stereocenters. The van der Waals surface area contributed by atoms with Crippen LogP contribution in [0.2, 0.25) is 0 Å². The molecule has 1 aromatic rings. The first-order valence-corrected chi connectivity index (χ1v) is 5.81. The molecule has 2 rings (SSSR count). The number of aromatic nitrogens is 3. The Morgan fingerprint density at radius 1 is 1.33 bits per heavy atom. The number of nitrogens with two attached hydrogens (primary N) is 1. The SMILES string of the molecule is Cc1nc(C(N)C2CCCCC2)n(C)n1. The van der Waals surface area contributed by atoms with Gasteiger partial charge in [-0.25, -0.2) is 4.98 Å². The predicted molar refractivity (Wildman–Crippen MR) is 59.2 cm³/mol. The minimum absolute atomic E-state index is 0.0662. The van der Waals surface area contributed by atoms with Gasteiger partial charge in [0.05, 0.1) is 6.04 Å². The molecule has 15 heavy (non-hydrogen) atoms. The van der Waals surface area contributed by atoms with Crippen molar-refractivity contribution in [1.29, 1.82) is 0 Å². The molecule has 2 N–H and O–H groups in total. The normalized spacial score (nSPS) is 20.5. The van der Waals surface area contributed by atoms with Gasteiger partial charge in [0.2, 0.25) is 0 Å². The van der Waals surface area contributed by atoms with E-state index in [0.717, 1.165) is 11.6 Å². The van der Waals surface area contributed by atoms with Crippen molar-refractivity contribution in [3.63, 3.8) is 0 Å². The predicted octanol–water partition coefficient (Wildman–Crippen LogP) is 1.70. The zero-order valence-electron chi connectivity index (χ0n) is 9.61. The van der Waals surface area contributed by atoms with Gasteiger partial charge in [-0.2, -0.15) is 5.10 Å². The van der Waals surface area contributed by atoms with Crippen molar-refractivity contribution < 1.29 is 0 Å². The molecular weight excluding hydrogens is 188 g/mol. The Kier molecular flexibility index (Phi) is 3.05. The second-order valence-corrected chi connectivity index (χ2v) is 4.56. The Hall–Kier alpha value is -0.900. The summed E-state index contributed by atoms with van der Waals surface area (Å²) in [5, 5.41) is 4.25. The lowest BCUT2D eigenvalue weighted by molar-refractivity contribution is 0.296. The molecule has 0 bridgehead atoms. The van der Waals surface area contributed by atoms with Gasteiger partial charge in [-0.15, -0.1) is 0 Å². The van der Waals surface area contributed by atoms with E-state index < -0.39 is 0 Å². The first-order valence-electron chi connectivity index (χ1n) is 5.81. The summed E-state index contributed by atoms with van der Waals surface area (Å²) in [5.74, 6) is 2.36. The highest BCUT2D eigenvalue weighted by Gasteiger charge is 2.25. The van der Waals surface area contributed by atoms with E-state index in [1.807, 2.05) is 18.7 Å². The van der Waals surface area contributed by atoms with Crippen LogP contribution in [0.5, 0.6) is 0 Å². The number of nitrogens with zero attached hydrogens (tertiary/aromatic N) is 3. The Bertz CT molecular complexity index is 325. The molecule has 0 saturated heterocycles. The second-order valence-electron chi connectivity index (χ2n) is 4.56. The zero-order chi connectivity index (χ0) is 10.8. The maximum atomic E-state index is 6.26. The molecule has 1 saturated carbocycles. The van der Waals surface area contributed by atoms with E-state index in [1.54, 1.807) is 0 Å². The summed E-state index contributed by atoms with van der Waals surface area (Å²) in [6, 6.07) is 0.0662. The van der Waals surface area contributed by atoms with Crippen molar-refractivity contribution in [3.05, 3.63) is 11.6 Å². The van der Waals surface area contributed by atoms with Gasteiger partial charge >= 0.3 is 0 Å². The lowest BCUT2D eigenvalue weighted by atomic mass is 9.84. The number of rotatable bonds is 2. The molecular formula is C11H20N4. The molecule has 1 atom stereocenters. The van der Waals surface area contributed by atoms with Crippen LogP contribution < -0.4 is 5.73 Å². The largest absolute Gasteiger partial charge is 0.321 e. The lowest BCUT2D eigenvalue weighted by Gasteiger charge is -2.26. The van der Waals surface area contributed by atoms with Crippen molar-refractivity contribution >= 4 is 0 Å². The van der Waals surface area contributed by atoms with E-state index >= 15 is 0 Å². The van der Waals surface area contributed by atoms with Gasteiger partial charge < -0.3 is 5.73 Å². The third kappa shape index (κ3) is 2.20. The molecule has 1 aliphatic rings. The Morgan fingerprint density at radius 3 is 2.53 bits per heavy atom. The molecule has 0 aliphatic heterocycles. The van der Waals surface area contributed by atoms with E-state index in [4.69, 9.17) is 5.73 Å². The van der Waals surface area contributed by atoms with Gasteiger partial charge in [0.25, 0.3) is 0 Å². The highest BCUT2D eigenvalue weighted by atomic mass is 15.3. The molecule has 0 aromatic carbocycles. The number of hydrogen-bond acceptors (Lipinski definition) is 3. The van der Waals surface area contributed by atoms with E-state index in [-0.39, 0.29) is 6.04 Å². The highest BCUT2D eigenvalue weighted by Crippen LogP contribution is 2.31. The standard InChI is InChI=1S/C11H20N4/c1-8-13-11(15(2)14-8)10(12)9-6-4-3-5-7-9/h9-10H,3-7,12H2,1-2H3. The summed E-state index contributed by atoms with van der Waals surface area (Å²) < 4.78 is 1.83. The zero-order valence-corrected chi connectivity index (χ0v) is 9.61. The molecule has 4 nitrogen and oxygen atoms in total. The Labute approximate surface area is 90.9 Å². The average molecular weight is 208 g/mol. The van der Waals surface area contributed by atoms with Crippen molar-refractivity contribution in [2.24, 2.45) is 18.7 Å². The first-order chi connectivity index (χ1) is 7.18. The van der Waals surface area contributed by atoms with E-state index in [2.05, 4.69) is 10.1 Å². The van der Waals surface area contributed by atoms with E-state index in [1.165, 1.54) is 32.1 Å². The molecule has 1 aromatic heterocycles. The quantitative estimate of drug-likeness (QED) is 0.805. The Morgan fingerprint density at radius 2 is 2.00 bits per heavy atom. The van der Waals surface area contributed by atoms with Crippen molar-refractivity contribution in [2.75, 3.05) is 0 Å². The average Bonchev–Trinajstić information content (AvgIpc) is 2.58. The van der Waals surface area contributed by atoms with Crippen molar-refractivity contribution in [3.8, 4) is 0 Å². The van der Waals surface area contributed by atoms with Crippen LogP contribution in [0.3, 0.4) is 0 Å². The van der Waals surface area contributed by atoms with Gasteiger partial charge in [-0.05, 0) is 25.7 Å². The molecule has 0 amide bonds. The fourth-order valence-electron chi connectivity index (χ4n) is 2.52. The topological polar surface area (TPSA) is 56.7 Å². The molecule has 1 fully saturated rings. The third-order valence-electron chi connectivity index (χ3n) is 3.36. The van der Waals surface area contributed by atoms with Crippen molar-refractivity contribution in [2.45, 2.75) is 45.1 Å². The second kappa shape index (κ2) is 4.31. The van der Waals surface area contributed by atoms with Crippen LogP contribution in [0.4, 0.5) is 0 Å². The van der Waals surface area contributed by atoms with Gasteiger partial charge in [-0.1, -0.05) is 19.3 Å². The maximum Gasteiger partial charge on any atom is 0.147 e. The van der Waals surface area contributed by atoms with Crippen LogP contribution in [-0.2, 0) is 7.05 Å². The molecule has 84 valence electrons. The number of aryl methyl sites for hydroxylation is 2. The van der Waals surface area contributed by atoms with Gasteiger partial charge in [0, 0.05) is 7.05 Å². The van der Waals surface area contributed by atoms with Crippen LogP contribution in [0.25, 0.3) is 0 Å². The molecule has 1 heterocycles. The summed E-state index contributed by atoms with van der Waals surface area (Å²) in [7, 11) is 1.93. The summed E-state index contributed by atoms with van der Waals surface area (Å²) in [4.78, 5) is 4.41. The smallest absolute Gasteiger partial charge is 0.147 e. The fourth-order valence-corrected chi connectivity index (χ4v) is 2.52. The van der Waals surface area contributed by atoms with Crippen LogP contribution >= 0.6 is 0 Å². The summed E-state index contributed by atoms with van der Waals surface area (Å²) in [6.45, 7) is 1.91. The summed E-state index contributed by atoms with van der Waals surface area (Å²) in [5.41, 5.74) is 6.26. The first kappa shape index (κ1) is 10.6. The molecule has 0 radical (unpaired) electrons. The highest BCUT2D eigenvalue weighted by molar-refractivity contribution is 4.99. The minimum Gasteiger partial charge on any atom is -0.321 e. The van der Waals surface area contributed by atoms with Crippen LogP contribution in [0, 0.1) is 12.8 Å². The van der Waals surface area contributed by atoms with Gasteiger partial charge in [0.1, 0.15) is 11.6 Å². The van der Waals surface area contributed by atoms with E-state index in [0.29, 0.717) is 5.92 Å². The van der Waals surface area contributed by atoms with Crippen molar-refractivity contribution in [1.82, 2.24) is 14.8 Å². The van der Waals surface area contributed by atoms with E-state index in [9.17, 15) is 0 Å². The van der Waals surface area contributed by atoms with Crippen LogP contribution in [0.1, 0.15) is 49.8 Å². The molecule has 4 heteroatoms. The monoisotopic (exact) mass is 208 g/mol. The minimum atomic E-state index is 0.0662. The van der Waals surface area contributed by atoms with Crippen LogP contribution in [-0.4, -0.2) is 14.8 Å². The Balaban J connectivity index is 2.12. The molecule has 0 spiro atoms. The maximum absolute atomic E-state index is 6.26.